The maximum atomic E-state index is 12.9. The Morgan fingerprint density at radius 3 is 2.46 bits per heavy atom. The highest BCUT2D eigenvalue weighted by molar-refractivity contribution is 6.33. The summed E-state index contributed by atoms with van der Waals surface area (Å²) in [4.78, 5) is 34.0. The lowest BCUT2D eigenvalue weighted by Crippen LogP contribution is -2.54. The van der Waals surface area contributed by atoms with E-state index in [1.54, 1.807) is 7.11 Å². The molecule has 3 atom stereocenters. The first-order chi connectivity index (χ1) is 17.9. The fraction of sp³-hybridized carbons (Fsp3) is 0.731. The van der Waals surface area contributed by atoms with Gasteiger partial charge in [-0.1, -0.05) is 18.0 Å². The van der Waals surface area contributed by atoms with E-state index in [2.05, 4.69) is 20.1 Å². The van der Waals surface area contributed by atoms with Crippen LogP contribution in [-0.2, 0) is 14.3 Å². The number of halogens is 3. The van der Waals surface area contributed by atoms with Gasteiger partial charge in [0.2, 0.25) is 5.88 Å². The Hall–Kier alpha value is -1.56. The number of hydrogen-bond acceptors (Lipinski definition) is 9. The molecule has 13 heteroatoms. The number of nitrogens with zero attached hydrogens (tertiary/aromatic N) is 3. The number of unbranched alkanes of at least 4 members (excludes halogenated alkanes) is 2. The van der Waals surface area contributed by atoms with Crippen LogP contribution >= 0.6 is 36.4 Å². The van der Waals surface area contributed by atoms with Gasteiger partial charge in [0.25, 0.3) is 5.91 Å². The Morgan fingerprint density at radius 1 is 1.08 bits per heavy atom. The van der Waals surface area contributed by atoms with Gasteiger partial charge in [0.15, 0.2) is 0 Å². The monoisotopic (exact) mass is 609 g/mol. The minimum absolute atomic E-state index is 0. The second-order valence-electron chi connectivity index (χ2n) is 10.3. The van der Waals surface area contributed by atoms with Crippen molar-refractivity contribution in [2.45, 2.75) is 63.2 Å². The molecular weight excluding hydrogens is 569 g/mol. The van der Waals surface area contributed by atoms with Crippen molar-refractivity contribution < 1.29 is 23.8 Å². The van der Waals surface area contributed by atoms with E-state index in [1.165, 1.54) is 13.2 Å². The molecule has 2 bridgehead atoms. The molecule has 0 unspecified atom stereocenters. The van der Waals surface area contributed by atoms with Gasteiger partial charge in [0.05, 0.1) is 24.3 Å². The molecule has 4 fully saturated rings. The Labute approximate surface area is 248 Å². The van der Waals surface area contributed by atoms with Crippen molar-refractivity contribution in [1.82, 2.24) is 20.1 Å². The molecule has 0 aliphatic carbocycles. The van der Waals surface area contributed by atoms with Crippen molar-refractivity contribution in [2.75, 3.05) is 59.2 Å². The molecule has 0 saturated carbocycles. The van der Waals surface area contributed by atoms with E-state index in [-0.39, 0.29) is 77.2 Å². The second kappa shape index (κ2) is 16.0. The average Bonchev–Trinajstić information content (AvgIpc) is 2.91. The van der Waals surface area contributed by atoms with E-state index in [9.17, 15) is 9.59 Å². The molecule has 1 aromatic heterocycles. The quantitative estimate of drug-likeness (QED) is 0.288. The summed E-state index contributed by atoms with van der Waals surface area (Å²) < 4.78 is 16.7. The molecule has 39 heavy (non-hydrogen) atoms. The van der Waals surface area contributed by atoms with Crippen LogP contribution in [0, 0.1) is 5.92 Å². The summed E-state index contributed by atoms with van der Waals surface area (Å²) >= 11 is 6.07. The number of nitrogen functional groups attached to an aromatic ring is 1. The molecule has 4 aliphatic rings. The van der Waals surface area contributed by atoms with Crippen molar-refractivity contribution in [1.29, 1.82) is 0 Å². The number of likely N-dealkylation sites (tertiary alicyclic amines) is 1. The number of anilines is 1. The lowest BCUT2D eigenvalue weighted by molar-refractivity contribution is -0.158. The third kappa shape index (κ3) is 8.96. The Morgan fingerprint density at radius 2 is 1.82 bits per heavy atom. The normalized spacial score (nSPS) is 26.2. The van der Waals surface area contributed by atoms with Crippen molar-refractivity contribution in [2.24, 2.45) is 5.92 Å². The number of amides is 1. The van der Waals surface area contributed by atoms with Crippen LogP contribution in [0.2, 0.25) is 5.02 Å². The van der Waals surface area contributed by atoms with Crippen LogP contribution in [0.5, 0.6) is 5.88 Å². The molecule has 5 rings (SSSR count). The van der Waals surface area contributed by atoms with Gasteiger partial charge in [-0.15, -0.1) is 24.8 Å². The van der Waals surface area contributed by atoms with Crippen LogP contribution in [-0.4, -0.2) is 98.4 Å². The van der Waals surface area contributed by atoms with Crippen molar-refractivity contribution in [3.05, 3.63) is 16.7 Å². The molecular formula is C26H42Cl3N5O5. The van der Waals surface area contributed by atoms with Crippen molar-refractivity contribution in [3.8, 4) is 5.88 Å². The molecule has 5 heterocycles. The number of piperidine rings is 4. The minimum Gasteiger partial charge on any atom is -0.480 e. The van der Waals surface area contributed by atoms with Crippen LogP contribution in [0.1, 0.15) is 55.3 Å². The molecule has 10 nitrogen and oxygen atoms in total. The summed E-state index contributed by atoms with van der Waals surface area (Å²) in [6.45, 7) is 5.71. The molecule has 1 aromatic rings. The number of fused-ring (bicyclic) bond motifs is 3. The molecule has 0 spiro atoms. The molecule has 3 N–H and O–H groups in total. The lowest BCUT2D eigenvalue weighted by atomic mass is 9.86. The number of ether oxygens (including phenoxy) is 3. The summed E-state index contributed by atoms with van der Waals surface area (Å²) in [5.74, 6) is 0.432. The van der Waals surface area contributed by atoms with Gasteiger partial charge in [-0.25, -0.2) is 0 Å². The number of nitrogens with one attached hydrogen (secondary N) is 1. The van der Waals surface area contributed by atoms with E-state index in [0.29, 0.717) is 12.3 Å². The van der Waals surface area contributed by atoms with Crippen molar-refractivity contribution >= 4 is 54.1 Å². The van der Waals surface area contributed by atoms with Crippen LogP contribution in [0.4, 0.5) is 5.82 Å². The maximum absolute atomic E-state index is 12.9. The predicted molar refractivity (Wildman–Crippen MR) is 155 cm³/mol. The van der Waals surface area contributed by atoms with E-state index in [4.69, 9.17) is 31.5 Å². The topological polar surface area (TPSA) is 119 Å². The Balaban J connectivity index is 0.00000267. The third-order valence-corrected chi connectivity index (χ3v) is 8.21. The van der Waals surface area contributed by atoms with Gasteiger partial charge in [-0.3, -0.25) is 14.5 Å². The predicted octanol–water partition coefficient (Wildman–Crippen LogP) is 3.19. The molecule has 4 aliphatic heterocycles. The third-order valence-electron chi connectivity index (χ3n) is 7.90. The van der Waals surface area contributed by atoms with Gasteiger partial charge < -0.3 is 30.2 Å². The first kappa shape index (κ1) is 33.6. The van der Waals surface area contributed by atoms with E-state index >= 15 is 0 Å². The number of carbonyl (C=O) groups is 2. The van der Waals surface area contributed by atoms with Crippen LogP contribution in [0.25, 0.3) is 0 Å². The van der Waals surface area contributed by atoms with Crippen molar-refractivity contribution in [3.63, 3.8) is 0 Å². The number of nitrogens with two attached hydrogens (primary N) is 1. The molecule has 0 aromatic carbocycles. The number of aromatic nitrogens is 1. The summed E-state index contributed by atoms with van der Waals surface area (Å²) in [5, 5.41) is 3.25. The summed E-state index contributed by atoms with van der Waals surface area (Å²) in [6.07, 6.45) is 6.35. The van der Waals surface area contributed by atoms with Crippen LogP contribution in [0.15, 0.2) is 6.07 Å². The fourth-order valence-electron chi connectivity index (χ4n) is 5.69. The maximum Gasteiger partial charge on any atom is 0.306 e. The minimum atomic E-state index is -0.322. The van der Waals surface area contributed by atoms with E-state index in [0.717, 1.165) is 77.8 Å². The lowest BCUT2D eigenvalue weighted by Gasteiger charge is -2.43. The largest absolute Gasteiger partial charge is 0.480 e. The zero-order chi connectivity index (χ0) is 26.4. The first-order valence-corrected chi connectivity index (χ1v) is 13.7. The molecule has 0 radical (unpaired) electrons. The molecule has 1 amide bonds. The number of rotatable bonds is 11. The summed E-state index contributed by atoms with van der Waals surface area (Å²) in [7, 11) is 3.10. The summed E-state index contributed by atoms with van der Waals surface area (Å²) in [5.41, 5.74) is 5.97. The number of methoxy groups -OCH3 is 2. The van der Waals surface area contributed by atoms with Gasteiger partial charge in [0.1, 0.15) is 17.5 Å². The Kier molecular flexibility index (Phi) is 13.8. The number of pyridine rings is 1. The highest BCUT2D eigenvalue weighted by Gasteiger charge is 2.36. The zero-order valence-corrected chi connectivity index (χ0v) is 25.1. The molecule has 4 saturated heterocycles. The fourth-order valence-corrected chi connectivity index (χ4v) is 5.84. The number of carbonyl (C=O) groups excluding carboxylic acids is 2. The SMILES string of the molecule is COc1nc(N)c(Cl)cc1C(=O)N[C@@H]1CCN(CCCCCC(=O)O[C@H]2CN3CCC2CC3)C[C@@H]1OC.Cl.Cl. The standard InChI is InChI=1S/C26H40ClN5O5.2ClH/c1-35-22-16-31(10-5-3-4-6-23(33)37-21-15-32-11-7-17(21)8-12-32)13-9-20(22)29-25(34)18-14-19(27)24(28)30-26(18)36-2;;/h14,17,20-22H,3-13,15-16H2,1-2H3,(H2,28,30)(H,29,34);2*1H/t20-,21+,22+;;/m1../s1. The highest BCUT2D eigenvalue weighted by Crippen LogP contribution is 2.30. The summed E-state index contributed by atoms with van der Waals surface area (Å²) in [6, 6.07) is 1.33. The van der Waals surface area contributed by atoms with Gasteiger partial charge in [-0.05, 0) is 63.7 Å². The van der Waals surface area contributed by atoms with Gasteiger partial charge in [0, 0.05) is 33.2 Å². The molecule has 222 valence electrons. The number of hydrogen-bond donors (Lipinski definition) is 2. The smallest absolute Gasteiger partial charge is 0.306 e. The Bertz CT molecular complexity index is 951. The number of esters is 1. The van der Waals surface area contributed by atoms with Gasteiger partial charge >= 0.3 is 5.97 Å². The highest BCUT2D eigenvalue weighted by atomic mass is 35.5. The van der Waals surface area contributed by atoms with Gasteiger partial charge in [-0.2, -0.15) is 4.98 Å². The second-order valence-corrected chi connectivity index (χ2v) is 10.7. The van der Waals surface area contributed by atoms with Crippen LogP contribution in [0.3, 0.4) is 0 Å². The van der Waals surface area contributed by atoms with E-state index < -0.39 is 0 Å². The average molecular weight is 611 g/mol. The van der Waals surface area contributed by atoms with E-state index in [1.807, 2.05) is 0 Å². The first-order valence-electron chi connectivity index (χ1n) is 13.4. The zero-order valence-electron chi connectivity index (χ0n) is 22.7. The van der Waals surface area contributed by atoms with Crippen LogP contribution < -0.4 is 15.8 Å².